The third-order valence-corrected chi connectivity index (χ3v) is 3.48. The van der Waals surface area contributed by atoms with Crippen LogP contribution in [0.1, 0.15) is 12.8 Å². The monoisotopic (exact) mass is 318 g/mol. The number of hydrogen-bond donors (Lipinski definition) is 3. The molecule has 0 saturated carbocycles. The Morgan fingerprint density at radius 2 is 1.82 bits per heavy atom. The van der Waals surface area contributed by atoms with E-state index in [4.69, 9.17) is 24.5 Å². The molecule has 2 saturated heterocycles. The summed E-state index contributed by atoms with van der Waals surface area (Å²) in [5.74, 6) is -1.18. The largest absolute Gasteiger partial charge is 0.483 e. The Morgan fingerprint density at radius 3 is 2.41 bits per heavy atom. The van der Waals surface area contributed by atoms with Gasteiger partial charge >= 0.3 is 5.97 Å². The fourth-order valence-electron chi connectivity index (χ4n) is 2.45. The number of nitrogens with zero attached hydrogens (tertiary/aromatic N) is 1. The molecule has 0 radical (unpaired) electrons. The van der Waals surface area contributed by atoms with Crippen LogP contribution in [-0.4, -0.2) is 85.1 Å². The van der Waals surface area contributed by atoms with Gasteiger partial charge in [-0.25, -0.2) is 0 Å². The van der Waals surface area contributed by atoms with Crippen LogP contribution in [-0.2, 0) is 23.9 Å². The Labute approximate surface area is 128 Å². The van der Waals surface area contributed by atoms with Gasteiger partial charge in [0.05, 0.1) is 44.9 Å². The summed E-state index contributed by atoms with van der Waals surface area (Å²) in [6, 6.07) is 0.108. The molecule has 0 aliphatic carbocycles. The number of carboxylic acid groups (broad SMARTS) is 2. The van der Waals surface area contributed by atoms with Crippen LogP contribution >= 0.6 is 0 Å². The smallest absolute Gasteiger partial charge is 0.303 e. The molecule has 0 aromatic carbocycles. The number of amides is 1. The highest BCUT2D eigenvalue weighted by molar-refractivity contribution is 5.80. The van der Waals surface area contributed by atoms with Crippen molar-refractivity contribution in [1.29, 1.82) is 0 Å². The summed E-state index contributed by atoms with van der Waals surface area (Å²) in [4.78, 5) is 32.7. The van der Waals surface area contributed by atoms with E-state index in [0.29, 0.717) is 26.4 Å². The van der Waals surface area contributed by atoms with Gasteiger partial charge in [0.15, 0.2) is 0 Å². The van der Waals surface area contributed by atoms with Crippen molar-refractivity contribution in [2.45, 2.75) is 24.9 Å². The number of morpholine rings is 1. The zero-order valence-electron chi connectivity index (χ0n) is 12.3. The van der Waals surface area contributed by atoms with Crippen LogP contribution in [0.3, 0.4) is 0 Å². The first-order valence-electron chi connectivity index (χ1n) is 7.07. The maximum absolute atomic E-state index is 11.7. The molecule has 0 unspecified atom stereocenters. The van der Waals surface area contributed by atoms with Gasteiger partial charge < -0.3 is 25.0 Å². The van der Waals surface area contributed by atoms with Crippen molar-refractivity contribution in [1.82, 2.24) is 10.2 Å². The van der Waals surface area contributed by atoms with E-state index < -0.39 is 5.97 Å². The number of aliphatic carboxylic acids is 1. The number of carbonyl (C=O) groups is 3. The SMILES string of the molecule is O=C(O)CCC(=O)N[C@H]1COC[C@@H]1N1CCOCC1.O=CO. The van der Waals surface area contributed by atoms with Crippen molar-refractivity contribution < 1.29 is 34.1 Å². The van der Waals surface area contributed by atoms with E-state index in [1.165, 1.54) is 0 Å². The molecule has 2 heterocycles. The van der Waals surface area contributed by atoms with E-state index in [1.54, 1.807) is 0 Å². The van der Waals surface area contributed by atoms with E-state index in [1.807, 2.05) is 0 Å². The minimum Gasteiger partial charge on any atom is -0.483 e. The van der Waals surface area contributed by atoms with Crippen molar-refractivity contribution in [2.24, 2.45) is 0 Å². The summed E-state index contributed by atoms with van der Waals surface area (Å²) in [6.45, 7) is 3.93. The van der Waals surface area contributed by atoms with Crippen molar-refractivity contribution >= 4 is 18.3 Å². The number of hydrogen-bond acceptors (Lipinski definition) is 6. The lowest BCUT2D eigenvalue weighted by molar-refractivity contribution is -0.139. The molecule has 0 aromatic heterocycles. The zero-order valence-corrected chi connectivity index (χ0v) is 12.3. The molecule has 126 valence electrons. The summed E-state index contributed by atoms with van der Waals surface area (Å²) in [6.07, 6.45) is -0.122. The summed E-state index contributed by atoms with van der Waals surface area (Å²) in [5, 5.41) is 18.3. The van der Waals surface area contributed by atoms with Gasteiger partial charge in [0, 0.05) is 19.5 Å². The standard InChI is InChI=1S/C12H20N2O5.CH2O2/c15-11(1-2-12(16)17)13-9-7-19-8-10(9)14-3-5-18-6-4-14;2-1-3/h9-10H,1-8H2,(H,13,15)(H,16,17);1H,(H,2,3)/t9-,10-;/m0./s1. The van der Waals surface area contributed by atoms with E-state index in [-0.39, 0.29) is 37.3 Å². The molecule has 3 N–H and O–H groups in total. The van der Waals surface area contributed by atoms with Crippen LogP contribution < -0.4 is 5.32 Å². The molecule has 2 aliphatic heterocycles. The molecule has 9 nitrogen and oxygen atoms in total. The van der Waals surface area contributed by atoms with Crippen molar-refractivity contribution in [3.8, 4) is 0 Å². The van der Waals surface area contributed by atoms with Crippen molar-refractivity contribution in [2.75, 3.05) is 39.5 Å². The molecule has 2 fully saturated rings. The second kappa shape index (κ2) is 10.1. The predicted molar refractivity (Wildman–Crippen MR) is 74.5 cm³/mol. The molecule has 9 heteroatoms. The highest BCUT2D eigenvalue weighted by Gasteiger charge is 2.34. The lowest BCUT2D eigenvalue weighted by Gasteiger charge is -2.34. The van der Waals surface area contributed by atoms with Gasteiger partial charge in [-0.1, -0.05) is 0 Å². The molecule has 2 atom stereocenters. The average Bonchev–Trinajstić information content (AvgIpc) is 2.95. The van der Waals surface area contributed by atoms with Crippen LogP contribution in [0.2, 0.25) is 0 Å². The van der Waals surface area contributed by atoms with Gasteiger partial charge in [-0.2, -0.15) is 0 Å². The number of ether oxygens (including phenoxy) is 2. The highest BCUT2D eigenvalue weighted by Crippen LogP contribution is 2.15. The Morgan fingerprint density at radius 1 is 1.18 bits per heavy atom. The number of carbonyl (C=O) groups excluding carboxylic acids is 1. The molecule has 2 rings (SSSR count). The molecule has 2 aliphatic rings. The van der Waals surface area contributed by atoms with Gasteiger partial charge in [-0.15, -0.1) is 0 Å². The summed E-state index contributed by atoms with van der Waals surface area (Å²) < 4.78 is 10.7. The van der Waals surface area contributed by atoms with Crippen LogP contribution in [0.4, 0.5) is 0 Å². The minimum atomic E-state index is -0.956. The zero-order chi connectivity index (χ0) is 16.4. The molecule has 0 bridgehead atoms. The number of nitrogens with one attached hydrogen (secondary N) is 1. The fourth-order valence-corrected chi connectivity index (χ4v) is 2.45. The average molecular weight is 318 g/mol. The highest BCUT2D eigenvalue weighted by atomic mass is 16.5. The van der Waals surface area contributed by atoms with Gasteiger partial charge in [-0.3, -0.25) is 19.3 Å². The second-order valence-electron chi connectivity index (χ2n) is 4.93. The lowest BCUT2D eigenvalue weighted by atomic mass is 10.1. The van der Waals surface area contributed by atoms with Crippen LogP contribution in [0.15, 0.2) is 0 Å². The first kappa shape index (κ1) is 18.3. The topological polar surface area (TPSA) is 125 Å². The van der Waals surface area contributed by atoms with Gasteiger partial charge in [-0.05, 0) is 0 Å². The van der Waals surface area contributed by atoms with Gasteiger partial charge in [0.25, 0.3) is 6.47 Å². The molecule has 0 aromatic rings. The molecule has 0 spiro atoms. The first-order valence-corrected chi connectivity index (χ1v) is 7.07. The normalized spacial score (nSPS) is 24.9. The number of carboxylic acids is 1. The van der Waals surface area contributed by atoms with Gasteiger partial charge in [0.1, 0.15) is 0 Å². The minimum absolute atomic E-state index is 0.0155. The number of rotatable bonds is 5. The predicted octanol–water partition coefficient (Wildman–Crippen LogP) is -1.23. The molecule has 1 amide bonds. The third kappa shape index (κ3) is 6.37. The molecular formula is C13H22N2O7. The third-order valence-electron chi connectivity index (χ3n) is 3.48. The quantitative estimate of drug-likeness (QED) is 0.538. The first-order chi connectivity index (χ1) is 10.6. The van der Waals surface area contributed by atoms with E-state index >= 15 is 0 Å². The second-order valence-corrected chi connectivity index (χ2v) is 4.93. The van der Waals surface area contributed by atoms with E-state index in [0.717, 1.165) is 13.1 Å². The van der Waals surface area contributed by atoms with Gasteiger partial charge in [0.2, 0.25) is 5.91 Å². The Kier molecular flexibility index (Phi) is 8.41. The summed E-state index contributed by atoms with van der Waals surface area (Å²) in [5.41, 5.74) is 0. The lowest BCUT2D eigenvalue weighted by Crippen LogP contribution is -2.54. The maximum atomic E-state index is 11.7. The Hall–Kier alpha value is -1.71. The van der Waals surface area contributed by atoms with Crippen molar-refractivity contribution in [3.05, 3.63) is 0 Å². The van der Waals surface area contributed by atoms with E-state index in [2.05, 4.69) is 10.2 Å². The molecule has 22 heavy (non-hydrogen) atoms. The maximum Gasteiger partial charge on any atom is 0.303 e. The van der Waals surface area contributed by atoms with Crippen molar-refractivity contribution in [3.63, 3.8) is 0 Å². The Bertz CT molecular complexity index is 371. The summed E-state index contributed by atoms with van der Waals surface area (Å²) >= 11 is 0. The van der Waals surface area contributed by atoms with E-state index in [9.17, 15) is 9.59 Å². The summed E-state index contributed by atoms with van der Waals surface area (Å²) in [7, 11) is 0. The van der Waals surface area contributed by atoms with Crippen LogP contribution in [0.25, 0.3) is 0 Å². The van der Waals surface area contributed by atoms with Crippen LogP contribution in [0.5, 0.6) is 0 Å². The molecular weight excluding hydrogens is 296 g/mol. The van der Waals surface area contributed by atoms with Crippen LogP contribution in [0, 0.1) is 0 Å². The fraction of sp³-hybridized carbons (Fsp3) is 0.769. The Balaban J connectivity index is 0.000000745.